The fourth-order valence-corrected chi connectivity index (χ4v) is 4.01. The molecule has 4 heteroatoms. The highest BCUT2D eigenvalue weighted by atomic mass is 16.7. The van der Waals surface area contributed by atoms with Crippen LogP contribution in [0.2, 0.25) is 0 Å². The van der Waals surface area contributed by atoms with E-state index in [-0.39, 0.29) is 0 Å². The van der Waals surface area contributed by atoms with Gasteiger partial charge in [0.05, 0.1) is 11.3 Å². The Balaban J connectivity index is 1.68. The SMILES string of the molecule is CCOC1Oc2cc3c(cc2-c2nc(-c4ccccc4)ncc21)CCCC3. The van der Waals surface area contributed by atoms with Gasteiger partial charge in [-0.3, -0.25) is 0 Å². The first kappa shape index (κ1) is 16.5. The van der Waals surface area contributed by atoms with Crippen molar-refractivity contribution in [3.8, 4) is 28.4 Å². The van der Waals surface area contributed by atoms with E-state index in [9.17, 15) is 0 Å². The second-order valence-corrected chi connectivity index (χ2v) is 7.09. The fourth-order valence-electron chi connectivity index (χ4n) is 4.01. The lowest BCUT2D eigenvalue weighted by molar-refractivity contribution is -0.0805. The average molecular weight is 358 g/mol. The summed E-state index contributed by atoms with van der Waals surface area (Å²) in [6.45, 7) is 2.55. The molecule has 1 aliphatic heterocycles. The third-order valence-electron chi connectivity index (χ3n) is 5.35. The molecule has 0 bridgehead atoms. The number of hydrogen-bond acceptors (Lipinski definition) is 4. The molecule has 2 aromatic carbocycles. The molecule has 1 unspecified atom stereocenters. The molecule has 0 fully saturated rings. The summed E-state index contributed by atoms with van der Waals surface area (Å²) >= 11 is 0. The lowest BCUT2D eigenvalue weighted by Crippen LogP contribution is -2.19. The van der Waals surface area contributed by atoms with Crippen molar-refractivity contribution >= 4 is 0 Å². The minimum absolute atomic E-state index is 0.455. The molecule has 0 amide bonds. The summed E-state index contributed by atoms with van der Waals surface area (Å²) in [5.41, 5.74) is 6.72. The van der Waals surface area contributed by atoms with Crippen LogP contribution in [0, 0.1) is 0 Å². The number of hydrogen-bond donors (Lipinski definition) is 0. The van der Waals surface area contributed by atoms with E-state index >= 15 is 0 Å². The highest BCUT2D eigenvalue weighted by Gasteiger charge is 2.30. The Morgan fingerprint density at radius 3 is 2.63 bits per heavy atom. The molecular formula is C23H22N2O2. The summed E-state index contributed by atoms with van der Waals surface area (Å²) in [6.07, 6.45) is 6.15. The van der Waals surface area contributed by atoms with Gasteiger partial charge >= 0.3 is 0 Å². The van der Waals surface area contributed by atoms with Crippen LogP contribution in [-0.4, -0.2) is 16.6 Å². The van der Waals surface area contributed by atoms with E-state index in [2.05, 4.69) is 17.1 Å². The van der Waals surface area contributed by atoms with Gasteiger partial charge in [0, 0.05) is 23.9 Å². The van der Waals surface area contributed by atoms with Crippen LogP contribution in [0.5, 0.6) is 5.75 Å². The van der Waals surface area contributed by atoms with Crippen LogP contribution in [-0.2, 0) is 17.6 Å². The molecule has 136 valence electrons. The molecule has 2 heterocycles. The summed E-state index contributed by atoms with van der Waals surface area (Å²) in [5.74, 6) is 1.61. The molecule has 4 nitrogen and oxygen atoms in total. The average Bonchev–Trinajstić information content (AvgIpc) is 2.73. The molecule has 1 atom stereocenters. The van der Waals surface area contributed by atoms with Crippen molar-refractivity contribution in [1.82, 2.24) is 9.97 Å². The van der Waals surface area contributed by atoms with E-state index in [0.717, 1.165) is 46.8 Å². The summed E-state index contributed by atoms with van der Waals surface area (Å²) in [7, 11) is 0. The molecule has 0 spiro atoms. The van der Waals surface area contributed by atoms with E-state index in [1.807, 2.05) is 43.5 Å². The maximum absolute atomic E-state index is 6.21. The second-order valence-electron chi connectivity index (χ2n) is 7.09. The van der Waals surface area contributed by atoms with E-state index < -0.39 is 6.29 Å². The van der Waals surface area contributed by atoms with Gasteiger partial charge in [0.25, 0.3) is 0 Å². The summed E-state index contributed by atoms with van der Waals surface area (Å²) < 4.78 is 12.1. The van der Waals surface area contributed by atoms with Crippen LogP contribution in [0.3, 0.4) is 0 Å². The Kier molecular flexibility index (Phi) is 4.13. The monoisotopic (exact) mass is 358 g/mol. The summed E-state index contributed by atoms with van der Waals surface area (Å²) in [6, 6.07) is 14.6. The van der Waals surface area contributed by atoms with Gasteiger partial charge in [-0.2, -0.15) is 0 Å². The zero-order valence-corrected chi connectivity index (χ0v) is 15.4. The Bertz CT molecular complexity index is 985. The lowest BCUT2D eigenvalue weighted by Gasteiger charge is -2.29. The molecule has 1 aliphatic carbocycles. The van der Waals surface area contributed by atoms with Gasteiger partial charge in [-0.15, -0.1) is 0 Å². The minimum atomic E-state index is -0.455. The molecule has 0 saturated heterocycles. The van der Waals surface area contributed by atoms with Crippen LogP contribution in [0.4, 0.5) is 0 Å². The van der Waals surface area contributed by atoms with Gasteiger partial charge < -0.3 is 9.47 Å². The molecule has 1 aromatic heterocycles. The van der Waals surface area contributed by atoms with Gasteiger partial charge in [-0.25, -0.2) is 9.97 Å². The largest absolute Gasteiger partial charge is 0.460 e. The number of aryl methyl sites for hydroxylation is 2. The number of aromatic nitrogens is 2. The molecule has 27 heavy (non-hydrogen) atoms. The molecular weight excluding hydrogens is 336 g/mol. The van der Waals surface area contributed by atoms with Gasteiger partial charge in [0.1, 0.15) is 5.75 Å². The second kappa shape index (κ2) is 6.78. The highest BCUT2D eigenvalue weighted by Crippen LogP contribution is 2.44. The topological polar surface area (TPSA) is 44.2 Å². The van der Waals surface area contributed by atoms with E-state index in [1.54, 1.807) is 0 Å². The van der Waals surface area contributed by atoms with Crippen molar-refractivity contribution in [2.24, 2.45) is 0 Å². The van der Waals surface area contributed by atoms with E-state index in [4.69, 9.17) is 14.5 Å². The zero-order chi connectivity index (χ0) is 18.2. The Morgan fingerprint density at radius 2 is 1.85 bits per heavy atom. The van der Waals surface area contributed by atoms with E-state index in [1.165, 1.54) is 24.0 Å². The van der Waals surface area contributed by atoms with Crippen LogP contribution >= 0.6 is 0 Å². The lowest BCUT2D eigenvalue weighted by atomic mass is 9.88. The summed E-state index contributed by atoms with van der Waals surface area (Å²) in [4.78, 5) is 9.52. The molecule has 0 radical (unpaired) electrons. The predicted molar refractivity (Wildman–Crippen MR) is 105 cm³/mol. The van der Waals surface area contributed by atoms with Crippen LogP contribution in [0.25, 0.3) is 22.6 Å². The Morgan fingerprint density at radius 1 is 1.07 bits per heavy atom. The van der Waals surface area contributed by atoms with Crippen molar-refractivity contribution in [1.29, 1.82) is 0 Å². The standard InChI is InChI=1S/C23H22N2O2/c1-2-26-23-19-14-24-22(15-8-4-3-5-9-15)25-21(19)18-12-16-10-6-7-11-17(16)13-20(18)27-23/h3-5,8-9,12-14,23H,2,6-7,10-11H2,1H3. The first-order valence-corrected chi connectivity index (χ1v) is 9.70. The fraction of sp³-hybridized carbons (Fsp3) is 0.304. The van der Waals surface area contributed by atoms with Gasteiger partial charge in [-0.1, -0.05) is 30.3 Å². The molecule has 0 saturated carbocycles. The van der Waals surface area contributed by atoms with E-state index in [0.29, 0.717) is 6.61 Å². The number of ether oxygens (including phenoxy) is 2. The van der Waals surface area contributed by atoms with Crippen molar-refractivity contribution in [2.45, 2.75) is 38.9 Å². The highest BCUT2D eigenvalue weighted by molar-refractivity contribution is 5.75. The van der Waals surface area contributed by atoms with Crippen molar-refractivity contribution in [3.05, 3.63) is 65.4 Å². The van der Waals surface area contributed by atoms with Crippen molar-refractivity contribution in [2.75, 3.05) is 6.61 Å². The van der Waals surface area contributed by atoms with Gasteiger partial charge in [0.15, 0.2) is 5.82 Å². The third kappa shape index (κ3) is 2.90. The maximum atomic E-state index is 6.21. The first-order chi connectivity index (χ1) is 13.3. The van der Waals surface area contributed by atoms with Gasteiger partial charge in [-0.05, 0) is 55.9 Å². The van der Waals surface area contributed by atoms with Crippen LogP contribution < -0.4 is 4.74 Å². The van der Waals surface area contributed by atoms with Gasteiger partial charge in [0.2, 0.25) is 6.29 Å². The van der Waals surface area contributed by atoms with Crippen molar-refractivity contribution < 1.29 is 9.47 Å². The normalized spacial score (nSPS) is 17.4. The first-order valence-electron chi connectivity index (χ1n) is 9.70. The molecule has 0 N–H and O–H groups in total. The Labute approximate surface area is 159 Å². The molecule has 5 rings (SSSR count). The number of fused-ring (bicyclic) bond motifs is 4. The predicted octanol–water partition coefficient (Wildman–Crippen LogP) is 5.12. The third-order valence-corrected chi connectivity index (χ3v) is 5.35. The number of nitrogens with zero attached hydrogens (tertiary/aromatic N) is 2. The number of rotatable bonds is 3. The maximum Gasteiger partial charge on any atom is 0.230 e. The quantitative estimate of drug-likeness (QED) is 0.652. The number of benzene rings is 2. The van der Waals surface area contributed by atoms with Crippen molar-refractivity contribution in [3.63, 3.8) is 0 Å². The minimum Gasteiger partial charge on any atom is -0.460 e. The smallest absolute Gasteiger partial charge is 0.230 e. The zero-order valence-electron chi connectivity index (χ0n) is 15.4. The Hall–Kier alpha value is -2.72. The van der Waals surface area contributed by atoms with Crippen LogP contribution in [0.1, 0.15) is 42.7 Å². The summed E-state index contributed by atoms with van der Waals surface area (Å²) in [5, 5.41) is 0. The van der Waals surface area contributed by atoms with Crippen LogP contribution in [0.15, 0.2) is 48.7 Å². The molecule has 2 aliphatic rings. The molecule has 3 aromatic rings.